The van der Waals surface area contributed by atoms with Crippen LogP contribution in [0, 0.1) is 0 Å². The minimum absolute atomic E-state index is 0.105. The summed E-state index contributed by atoms with van der Waals surface area (Å²) in [5, 5.41) is 0. The van der Waals surface area contributed by atoms with Gasteiger partial charge in [0.05, 0.1) is 5.60 Å². The van der Waals surface area contributed by atoms with Crippen LogP contribution in [0.15, 0.2) is 0 Å². The van der Waals surface area contributed by atoms with Gasteiger partial charge >= 0.3 is 0 Å². The minimum atomic E-state index is -0.177. The lowest BCUT2D eigenvalue weighted by Crippen LogP contribution is -2.27. The third kappa shape index (κ3) is 6.54. The van der Waals surface area contributed by atoms with Gasteiger partial charge in [0, 0.05) is 19.6 Å². The van der Waals surface area contributed by atoms with E-state index in [0.29, 0.717) is 13.2 Å². The second-order valence-electron chi connectivity index (χ2n) is 3.74. The fraction of sp³-hybridized carbons (Fsp3) is 1.00. The molecule has 0 spiro atoms. The van der Waals surface area contributed by atoms with Crippen LogP contribution in [0.5, 0.6) is 0 Å². The molecule has 0 N–H and O–H groups in total. The van der Waals surface area contributed by atoms with E-state index >= 15 is 0 Å². The number of rotatable bonds is 8. The van der Waals surface area contributed by atoms with E-state index < -0.39 is 0 Å². The molecule has 4 heteroatoms. The molecule has 3 radical (unpaired) electrons. The van der Waals surface area contributed by atoms with E-state index in [1.54, 1.807) is 0 Å². The fourth-order valence-corrected chi connectivity index (χ4v) is 1.21. The van der Waals surface area contributed by atoms with Crippen molar-refractivity contribution >= 4 is 10.5 Å². The van der Waals surface area contributed by atoms with Crippen molar-refractivity contribution in [2.75, 3.05) is 13.2 Å². The first-order valence-corrected chi connectivity index (χ1v) is 5.54. The summed E-state index contributed by atoms with van der Waals surface area (Å²) in [6.07, 6.45) is 1.63. The Balaban J connectivity index is 3.80. The Labute approximate surface area is 90.7 Å². The topological polar surface area (TPSA) is 27.7 Å². The quantitative estimate of drug-likeness (QED) is 0.460. The maximum Gasteiger partial charge on any atom is 0.246 e. The molecule has 0 aliphatic rings. The molecule has 0 saturated heterocycles. The summed E-state index contributed by atoms with van der Waals surface area (Å²) in [6.45, 7) is 9.35. The Kier molecular flexibility index (Phi) is 7.45. The molecule has 83 valence electrons. The molecular formula is C10H21O3Si. The molecule has 0 aliphatic heterocycles. The van der Waals surface area contributed by atoms with Crippen LogP contribution in [0.25, 0.3) is 0 Å². The van der Waals surface area contributed by atoms with Crippen molar-refractivity contribution in [3.63, 3.8) is 0 Å². The van der Waals surface area contributed by atoms with Gasteiger partial charge in [0.2, 0.25) is 10.5 Å². The monoisotopic (exact) mass is 217 g/mol. The van der Waals surface area contributed by atoms with E-state index in [1.165, 1.54) is 0 Å². The number of ether oxygens (including phenoxy) is 2. The molecule has 3 nitrogen and oxygen atoms in total. The van der Waals surface area contributed by atoms with Crippen LogP contribution in [0.4, 0.5) is 0 Å². The van der Waals surface area contributed by atoms with Crippen LogP contribution in [0.2, 0.25) is 0 Å². The highest BCUT2D eigenvalue weighted by Gasteiger charge is 2.19. The zero-order valence-corrected chi connectivity index (χ0v) is 10.6. The standard InChI is InChI=1S/C10H21O3Si/c1-5-11-9(12-6-2)7-8-10(3,4)13-14/h9H,5-8H2,1-4H3. The summed E-state index contributed by atoms with van der Waals surface area (Å²) >= 11 is 0. The molecule has 0 rings (SSSR count). The molecule has 0 aromatic rings. The van der Waals surface area contributed by atoms with Crippen LogP contribution in [-0.4, -0.2) is 35.6 Å². The van der Waals surface area contributed by atoms with Gasteiger partial charge in [-0.1, -0.05) is 0 Å². The second-order valence-corrected chi connectivity index (χ2v) is 3.94. The molecule has 0 atom stereocenters. The summed E-state index contributed by atoms with van der Waals surface area (Å²) in [5.41, 5.74) is -0.177. The van der Waals surface area contributed by atoms with E-state index in [2.05, 4.69) is 10.5 Å². The van der Waals surface area contributed by atoms with Crippen LogP contribution >= 0.6 is 0 Å². The number of hydrogen-bond acceptors (Lipinski definition) is 3. The van der Waals surface area contributed by atoms with Crippen LogP contribution in [-0.2, 0) is 13.9 Å². The molecule has 0 unspecified atom stereocenters. The lowest BCUT2D eigenvalue weighted by atomic mass is 10.0. The third-order valence-electron chi connectivity index (χ3n) is 1.96. The smallest absolute Gasteiger partial charge is 0.246 e. The highest BCUT2D eigenvalue weighted by molar-refractivity contribution is 5.98. The summed E-state index contributed by atoms with van der Waals surface area (Å²) in [6, 6.07) is 0. The molecule has 0 heterocycles. The average molecular weight is 217 g/mol. The number of hydrogen-bond donors (Lipinski definition) is 0. The van der Waals surface area contributed by atoms with E-state index in [0.717, 1.165) is 12.8 Å². The molecular weight excluding hydrogens is 196 g/mol. The van der Waals surface area contributed by atoms with E-state index in [-0.39, 0.29) is 11.9 Å². The summed E-state index contributed by atoms with van der Waals surface area (Å²) in [5.74, 6) is 0. The summed E-state index contributed by atoms with van der Waals surface area (Å²) in [4.78, 5) is 0. The van der Waals surface area contributed by atoms with Gasteiger partial charge < -0.3 is 13.9 Å². The largest absolute Gasteiger partial charge is 0.414 e. The average Bonchev–Trinajstić information content (AvgIpc) is 2.15. The van der Waals surface area contributed by atoms with Crippen molar-refractivity contribution in [3.8, 4) is 0 Å². The second kappa shape index (κ2) is 7.40. The zero-order valence-electron chi connectivity index (χ0n) is 9.63. The van der Waals surface area contributed by atoms with Gasteiger partial charge in [-0.3, -0.25) is 0 Å². The summed E-state index contributed by atoms with van der Waals surface area (Å²) in [7, 11) is 3.06. The van der Waals surface area contributed by atoms with Crippen molar-refractivity contribution in [1.82, 2.24) is 0 Å². The Morgan fingerprint density at radius 3 is 2.00 bits per heavy atom. The lowest BCUT2D eigenvalue weighted by Gasteiger charge is -2.26. The zero-order chi connectivity index (χ0) is 11.0. The molecule has 0 aromatic heterocycles. The van der Waals surface area contributed by atoms with E-state index in [4.69, 9.17) is 13.9 Å². The highest BCUT2D eigenvalue weighted by Crippen LogP contribution is 2.18. The molecule has 14 heavy (non-hydrogen) atoms. The molecule has 0 amide bonds. The van der Waals surface area contributed by atoms with Gasteiger partial charge in [-0.25, -0.2) is 0 Å². The Morgan fingerprint density at radius 1 is 1.14 bits per heavy atom. The first kappa shape index (κ1) is 14.1. The van der Waals surface area contributed by atoms with Crippen molar-refractivity contribution < 1.29 is 13.9 Å². The van der Waals surface area contributed by atoms with Crippen molar-refractivity contribution in [2.24, 2.45) is 0 Å². The van der Waals surface area contributed by atoms with E-state index in [9.17, 15) is 0 Å². The lowest BCUT2D eigenvalue weighted by molar-refractivity contribution is -0.144. The maximum atomic E-state index is 5.43. The van der Waals surface area contributed by atoms with Crippen molar-refractivity contribution in [3.05, 3.63) is 0 Å². The highest BCUT2D eigenvalue weighted by atomic mass is 28.2. The molecule has 0 bridgehead atoms. The SMILES string of the molecule is CCOC(CCC(C)(C)O[Si])OCC. The van der Waals surface area contributed by atoms with Crippen molar-refractivity contribution in [1.29, 1.82) is 0 Å². The normalized spacial score (nSPS) is 12.4. The summed E-state index contributed by atoms with van der Waals surface area (Å²) < 4.78 is 16.0. The van der Waals surface area contributed by atoms with Gasteiger partial charge in [-0.2, -0.15) is 0 Å². The third-order valence-corrected chi connectivity index (χ3v) is 2.52. The molecule has 0 aromatic carbocycles. The Hall–Kier alpha value is 0.0969. The first-order chi connectivity index (χ1) is 6.55. The Morgan fingerprint density at radius 2 is 1.64 bits per heavy atom. The van der Waals surface area contributed by atoms with Gasteiger partial charge in [0.1, 0.15) is 0 Å². The minimum Gasteiger partial charge on any atom is -0.414 e. The van der Waals surface area contributed by atoms with Gasteiger partial charge in [0.15, 0.2) is 6.29 Å². The predicted molar refractivity (Wildman–Crippen MR) is 57.2 cm³/mol. The first-order valence-electron chi connectivity index (χ1n) is 5.13. The van der Waals surface area contributed by atoms with Crippen molar-refractivity contribution in [2.45, 2.75) is 52.4 Å². The van der Waals surface area contributed by atoms with E-state index in [1.807, 2.05) is 27.7 Å². The van der Waals surface area contributed by atoms with Crippen LogP contribution < -0.4 is 0 Å². The molecule has 0 saturated carbocycles. The van der Waals surface area contributed by atoms with Gasteiger partial charge in [-0.15, -0.1) is 0 Å². The molecule has 0 fully saturated rings. The fourth-order valence-electron chi connectivity index (χ4n) is 1.10. The molecule has 0 aliphatic carbocycles. The van der Waals surface area contributed by atoms with Gasteiger partial charge in [0.25, 0.3) is 0 Å². The van der Waals surface area contributed by atoms with Crippen LogP contribution in [0.1, 0.15) is 40.5 Å². The predicted octanol–water partition coefficient (Wildman–Crippen LogP) is 2.04. The Bertz CT molecular complexity index is 133. The maximum absolute atomic E-state index is 5.43. The van der Waals surface area contributed by atoms with Gasteiger partial charge in [-0.05, 0) is 34.1 Å². The van der Waals surface area contributed by atoms with Crippen LogP contribution in [0.3, 0.4) is 0 Å².